The van der Waals surface area contributed by atoms with Crippen molar-refractivity contribution >= 4 is 10.9 Å². The van der Waals surface area contributed by atoms with Gasteiger partial charge in [0.1, 0.15) is 0 Å². The monoisotopic (exact) mass is 242 g/mol. The number of benzene rings is 1. The molecule has 2 heteroatoms. The average molecular weight is 242 g/mol. The third-order valence-electron chi connectivity index (χ3n) is 4.53. The molecule has 0 spiro atoms. The Morgan fingerprint density at radius 3 is 2.78 bits per heavy atom. The number of hydrogen-bond acceptors (Lipinski definition) is 1. The van der Waals surface area contributed by atoms with Gasteiger partial charge in [0, 0.05) is 22.6 Å². The third kappa shape index (κ3) is 1.67. The first kappa shape index (κ1) is 11.8. The molecule has 1 saturated carbocycles. The number of nitrogens with two attached hydrogens (primary N) is 1. The largest absolute Gasteiger partial charge is 0.358 e. The third-order valence-corrected chi connectivity index (χ3v) is 4.53. The summed E-state index contributed by atoms with van der Waals surface area (Å²) in [6, 6.07) is 6.79. The van der Waals surface area contributed by atoms with E-state index >= 15 is 0 Å². The highest BCUT2D eigenvalue weighted by Gasteiger charge is 2.28. The Balaban J connectivity index is 2.13. The van der Waals surface area contributed by atoms with E-state index in [1.165, 1.54) is 47.0 Å². The summed E-state index contributed by atoms with van der Waals surface area (Å²) in [7, 11) is 0. The minimum atomic E-state index is 0.208. The molecule has 0 radical (unpaired) electrons. The maximum Gasteiger partial charge on any atom is 0.0491 e. The molecule has 1 aliphatic carbocycles. The molecule has 1 aromatic carbocycles. The van der Waals surface area contributed by atoms with Gasteiger partial charge >= 0.3 is 0 Å². The Morgan fingerprint density at radius 2 is 2.17 bits per heavy atom. The first-order valence-electron chi connectivity index (χ1n) is 7.08. The standard InChI is InChI=1S/C16H22N2/c1-3-11-6-5-9-13-14(10(2)18-16(11)13)15(17)12-7-4-8-12/h5-6,9,12,15,18H,3-4,7-8,17H2,1-2H3. The van der Waals surface area contributed by atoms with Crippen LogP contribution in [-0.4, -0.2) is 4.98 Å². The van der Waals surface area contributed by atoms with Crippen molar-refractivity contribution in [3.05, 3.63) is 35.0 Å². The van der Waals surface area contributed by atoms with E-state index in [4.69, 9.17) is 5.73 Å². The van der Waals surface area contributed by atoms with E-state index in [0.29, 0.717) is 5.92 Å². The minimum absolute atomic E-state index is 0.208. The molecular formula is C16H22N2. The van der Waals surface area contributed by atoms with E-state index in [0.717, 1.165) is 6.42 Å². The molecule has 0 aliphatic heterocycles. The van der Waals surface area contributed by atoms with Gasteiger partial charge in [0.25, 0.3) is 0 Å². The van der Waals surface area contributed by atoms with Gasteiger partial charge < -0.3 is 10.7 Å². The van der Waals surface area contributed by atoms with Gasteiger partial charge in [-0.3, -0.25) is 0 Å². The van der Waals surface area contributed by atoms with E-state index in [1.54, 1.807) is 0 Å². The summed E-state index contributed by atoms with van der Waals surface area (Å²) in [5.74, 6) is 0.688. The number of aromatic amines is 1. The molecule has 3 rings (SSSR count). The van der Waals surface area contributed by atoms with Crippen LogP contribution in [0.1, 0.15) is 49.0 Å². The normalized spacial score (nSPS) is 17.9. The molecule has 0 saturated heterocycles. The second kappa shape index (κ2) is 4.43. The van der Waals surface area contributed by atoms with Gasteiger partial charge in [0.2, 0.25) is 0 Å². The lowest BCUT2D eigenvalue weighted by atomic mass is 9.77. The lowest BCUT2D eigenvalue weighted by Crippen LogP contribution is -2.27. The van der Waals surface area contributed by atoms with Gasteiger partial charge in [-0.1, -0.05) is 31.5 Å². The van der Waals surface area contributed by atoms with Crippen LogP contribution in [0.3, 0.4) is 0 Å². The van der Waals surface area contributed by atoms with E-state index in [2.05, 4.69) is 37.0 Å². The summed E-state index contributed by atoms with van der Waals surface area (Å²) in [5.41, 5.74) is 11.8. The number of rotatable bonds is 3. The molecule has 1 aliphatic rings. The molecule has 1 heterocycles. The van der Waals surface area contributed by atoms with Crippen LogP contribution in [0, 0.1) is 12.8 Å². The summed E-state index contributed by atoms with van der Waals surface area (Å²) < 4.78 is 0. The van der Waals surface area contributed by atoms with E-state index in [1.807, 2.05) is 0 Å². The van der Waals surface area contributed by atoms with Crippen LogP contribution < -0.4 is 5.73 Å². The molecule has 1 unspecified atom stereocenters. The number of para-hydroxylation sites is 1. The van der Waals surface area contributed by atoms with Gasteiger partial charge in [0.05, 0.1) is 0 Å². The van der Waals surface area contributed by atoms with Crippen molar-refractivity contribution < 1.29 is 0 Å². The molecule has 2 nitrogen and oxygen atoms in total. The lowest BCUT2D eigenvalue weighted by Gasteiger charge is -2.31. The summed E-state index contributed by atoms with van der Waals surface area (Å²) in [5, 5.41) is 1.34. The number of hydrogen-bond donors (Lipinski definition) is 2. The Hall–Kier alpha value is -1.28. The minimum Gasteiger partial charge on any atom is -0.358 e. The van der Waals surface area contributed by atoms with Crippen molar-refractivity contribution in [3.8, 4) is 0 Å². The van der Waals surface area contributed by atoms with E-state index in [9.17, 15) is 0 Å². The fourth-order valence-corrected chi connectivity index (χ4v) is 3.19. The topological polar surface area (TPSA) is 41.8 Å². The number of aromatic nitrogens is 1. The van der Waals surface area contributed by atoms with E-state index < -0.39 is 0 Å². The number of H-pyrrole nitrogens is 1. The van der Waals surface area contributed by atoms with Gasteiger partial charge in [-0.2, -0.15) is 0 Å². The number of nitrogens with one attached hydrogen (secondary N) is 1. The van der Waals surface area contributed by atoms with Crippen LogP contribution in [0.2, 0.25) is 0 Å². The Bertz CT molecular complexity index is 564. The first-order valence-corrected chi connectivity index (χ1v) is 7.08. The highest BCUT2D eigenvalue weighted by atomic mass is 14.8. The smallest absolute Gasteiger partial charge is 0.0491 e. The SMILES string of the molecule is CCc1cccc2c(C(N)C3CCC3)c(C)[nH]c12. The van der Waals surface area contributed by atoms with Crippen molar-refractivity contribution in [1.82, 2.24) is 4.98 Å². The zero-order valence-electron chi connectivity index (χ0n) is 11.3. The van der Waals surface area contributed by atoms with Gasteiger partial charge in [0.15, 0.2) is 0 Å². The number of aryl methyl sites for hydroxylation is 2. The van der Waals surface area contributed by atoms with Crippen molar-refractivity contribution in [1.29, 1.82) is 0 Å². The molecule has 1 aromatic heterocycles. The molecule has 18 heavy (non-hydrogen) atoms. The summed E-state index contributed by atoms with van der Waals surface area (Å²) in [6.45, 7) is 4.36. The maximum absolute atomic E-state index is 6.48. The van der Waals surface area contributed by atoms with Crippen LogP contribution in [-0.2, 0) is 6.42 Å². The van der Waals surface area contributed by atoms with Crippen molar-refractivity contribution in [3.63, 3.8) is 0 Å². The predicted molar refractivity (Wildman–Crippen MR) is 76.7 cm³/mol. The first-order chi connectivity index (χ1) is 8.72. The van der Waals surface area contributed by atoms with Crippen molar-refractivity contribution in [2.75, 3.05) is 0 Å². The van der Waals surface area contributed by atoms with Crippen LogP contribution in [0.4, 0.5) is 0 Å². The molecule has 0 amide bonds. The molecule has 1 fully saturated rings. The lowest BCUT2D eigenvalue weighted by molar-refractivity contribution is 0.265. The van der Waals surface area contributed by atoms with Crippen LogP contribution in [0.5, 0.6) is 0 Å². The summed E-state index contributed by atoms with van der Waals surface area (Å²) >= 11 is 0. The summed E-state index contributed by atoms with van der Waals surface area (Å²) in [6.07, 6.45) is 5.00. The average Bonchev–Trinajstić information content (AvgIpc) is 2.62. The molecule has 1 atom stereocenters. The highest BCUT2D eigenvalue weighted by Crippen LogP contribution is 2.40. The van der Waals surface area contributed by atoms with Crippen molar-refractivity contribution in [2.45, 2.75) is 45.6 Å². The van der Waals surface area contributed by atoms with Gasteiger partial charge in [-0.25, -0.2) is 0 Å². The Morgan fingerprint density at radius 1 is 1.39 bits per heavy atom. The predicted octanol–water partition coefficient (Wildman–Crippen LogP) is 3.84. The van der Waals surface area contributed by atoms with E-state index in [-0.39, 0.29) is 6.04 Å². The molecule has 96 valence electrons. The van der Waals surface area contributed by atoms with Crippen LogP contribution in [0.15, 0.2) is 18.2 Å². The van der Waals surface area contributed by atoms with Gasteiger partial charge in [-0.05, 0) is 43.2 Å². The fraction of sp³-hybridized carbons (Fsp3) is 0.500. The second-order valence-corrected chi connectivity index (χ2v) is 5.57. The molecular weight excluding hydrogens is 220 g/mol. The highest BCUT2D eigenvalue weighted by molar-refractivity contribution is 5.87. The molecule has 0 bridgehead atoms. The molecule has 3 N–H and O–H groups in total. The van der Waals surface area contributed by atoms with Crippen LogP contribution in [0.25, 0.3) is 10.9 Å². The molecule has 2 aromatic rings. The quantitative estimate of drug-likeness (QED) is 0.843. The van der Waals surface area contributed by atoms with Crippen LogP contribution >= 0.6 is 0 Å². The number of fused-ring (bicyclic) bond motifs is 1. The zero-order valence-corrected chi connectivity index (χ0v) is 11.3. The fourth-order valence-electron chi connectivity index (χ4n) is 3.19. The Kier molecular flexibility index (Phi) is 2.90. The summed E-state index contributed by atoms with van der Waals surface area (Å²) in [4.78, 5) is 3.55. The zero-order chi connectivity index (χ0) is 12.7. The van der Waals surface area contributed by atoms with Gasteiger partial charge in [-0.15, -0.1) is 0 Å². The second-order valence-electron chi connectivity index (χ2n) is 5.57. The maximum atomic E-state index is 6.48. The Labute approximate surface area is 109 Å². The van der Waals surface area contributed by atoms with Crippen molar-refractivity contribution in [2.24, 2.45) is 11.7 Å².